The van der Waals surface area contributed by atoms with Crippen molar-refractivity contribution in [1.29, 1.82) is 0 Å². The Morgan fingerprint density at radius 1 is 1.20 bits per heavy atom. The van der Waals surface area contributed by atoms with Gasteiger partial charge in [-0.05, 0) is 46.6 Å². The first-order valence-corrected chi connectivity index (χ1v) is 6.96. The number of pyridine rings is 1. The van der Waals surface area contributed by atoms with E-state index in [0.717, 1.165) is 32.9 Å². The van der Waals surface area contributed by atoms with Gasteiger partial charge in [0.25, 0.3) is 0 Å². The lowest BCUT2D eigenvalue weighted by Crippen LogP contribution is -2.02. The number of hydrogen-bond acceptors (Lipinski definition) is 3. The molecular formula is C15H13BrN4. The van der Waals surface area contributed by atoms with Gasteiger partial charge in [-0.2, -0.15) is 0 Å². The van der Waals surface area contributed by atoms with Gasteiger partial charge in [-0.15, -0.1) is 0 Å². The van der Waals surface area contributed by atoms with Crippen molar-refractivity contribution in [2.45, 2.75) is 6.92 Å². The van der Waals surface area contributed by atoms with Crippen LogP contribution in [0.1, 0.15) is 5.56 Å². The maximum atomic E-state index is 5.84. The largest absolute Gasteiger partial charge is 0.399 e. The average Bonchev–Trinajstić information content (AvgIpc) is 2.87. The Hall–Kier alpha value is -2.14. The molecule has 4 nitrogen and oxygen atoms in total. The molecule has 0 saturated heterocycles. The van der Waals surface area contributed by atoms with Crippen molar-refractivity contribution in [3.63, 3.8) is 0 Å². The topological polar surface area (TPSA) is 56.7 Å². The van der Waals surface area contributed by atoms with Gasteiger partial charge < -0.3 is 5.73 Å². The Morgan fingerprint density at radius 2 is 2.05 bits per heavy atom. The number of aryl methyl sites for hydroxylation is 1. The quantitative estimate of drug-likeness (QED) is 0.731. The summed E-state index contributed by atoms with van der Waals surface area (Å²) in [6.07, 6.45) is 5.45. The van der Waals surface area contributed by atoms with Crippen molar-refractivity contribution in [2.24, 2.45) is 0 Å². The second-order valence-electron chi connectivity index (χ2n) is 4.54. The predicted octanol–water partition coefficient (Wildman–Crippen LogP) is 3.59. The zero-order valence-corrected chi connectivity index (χ0v) is 12.5. The van der Waals surface area contributed by atoms with E-state index in [-0.39, 0.29) is 0 Å². The zero-order valence-electron chi connectivity index (χ0n) is 10.9. The second-order valence-corrected chi connectivity index (χ2v) is 5.46. The van der Waals surface area contributed by atoms with E-state index < -0.39 is 0 Å². The Kier molecular flexibility index (Phi) is 3.28. The standard InChI is InChI=1S/C15H13BrN4/c1-10-7-12(16)9-19-14(10)20-6-5-18-15(20)11-3-2-4-13(17)8-11/h2-9H,17H2,1H3. The van der Waals surface area contributed by atoms with Crippen molar-refractivity contribution in [3.05, 3.63) is 59.0 Å². The molecule has 0 aliphatic heterocycles. The van der Waals surface area contributed by atoms with Crippen LogP contribution in [0.3, 0.4) is 0 Å². The van der Waals surface area contributed by atoms with Crippen molar-refractivity contribution < 1.29 is 0 Å². The van der Waals surface area contributed by atoms with Gasteiger partial charge in [0, 0.05) is 34.3 Å². The highest BCUT2D eigenvalue weighted by atomic mass is 79.9. The molecule has 2 N–H and O–H groups in total. The van der Waals surface area contributed by atoms with Crippen LogP contribution in [-0.4, -0.2) is 14.5 Å². The molecule has 5 heteroatoms. The molecule has 0 aliphatic carbocycles. The van der Waals surface area contributed by atoms with E-state index >= 15 is 0 Å². The third-order valence-corrected chi connectivity index (χ3v) is 3.46. The van der Waals surface area contributed by atoms with E-state index in [1.54, 1.807) is 12.4 Å². The molecule has 0 aliphatic rings. The van der Waals surface area contributed by atoms with Crippen LogP contribution < -0.4 is 5.73 Å². The van der Waals surface area contributed by atoms with Crippen LogP contribution in [0.2, 0.25) is 0 Å². The number of rotatable bonds is 2. The Labute approximate surface area is 125 Å². The molecule has 100 valence electrons. The van der Waals surface area contributed by atoms with Crippen LogP contribution in [-0.2, 0) is 0 Å². The molecule has 0 atom stereocenters. The summed E-state index contributed by atoms with van der Waals surface area (Å²) in [5.41, 5.74) is 8.61. The lowest BCUT2D eigenvalue weighted by atomic mass is 10.2. The lowest BCUT2D eigenvalue weighted by molar-refractivity contribution is 0.981. The minimum Gasteiger partial charge on any atom is -0.399 e. The van der Waals surface area contributed by atoms with Crippen molar-refractivity contribution in [3.8, 4) is 17.2 Å². The minimum absolute atomic E-state index is 0.720. The molecule has 0 bridgehead atoms. The summed E-state index contributed by atoms with van der Waals surface area (Å²) in [5.74, 6) is 1.69. The molecule has 20 heavy (non-hydrogen) atoms. The van der Waals surface area contributed by atoms with Crippen LogP contribution in [0.4, 0.5) is 5.69 Å². The number of nitrogens with zero attached hydrogens (tertiary/aromatic N) is 3. The van der Waals surface area contributed by atoms with E-state index in [2.05, 4.69) is 25.9 Å². The number of imidazole rings is 1. The van der Waals surface area contributed by atoms with Gasteiger partial charge in [0.15, 0.2) is 0 Å². The van der Waals surface area contributed by atoms with Gasteiger partial charge in [-0.25, -0.2) is 9.97 Å². The van der Waals surface area contributed by atoms with Crippen molar-refractivity contribution in [1.82, 2.24) is 14.5 Å². The Morgan fingerprint density at radius 3 is 2.80 bits per heavy atom. The van der Waals surface area contributed by atoms with E-state index in [1.807, 2.05) is 48.0 Å². The molecule has 3 aromatic rings. The fourth-order valence-corrected chi connectivity index (χ4v) is 2.60. The number of nitrogen functional groups attached to an aromatic ring is 1. The van der Waals surface area contributed by atoms with E-state index in [9.17, 15) is 0 Å². The van der Waals surface area contributed by atoms with Crippen LogP contribution in [0.5, 0.6) is 0 Å². The molecular weight excluding hydrogens is 316 g/mol. The summed E-state index contributed by atoms with van der Waals surface area (Å²) in [5, 5.41) is 0. The van der Waals surface area contributed by atoms with Crippen LogP contribution >= 0.6 is 15.9 Å². The summed E-state index contributed by atoms with van der Waals surface area (Å²) >= 11 is 3.43. The number of benzene rings is 1. The first-order chi connectivity index (χ1) is 9.65. The second kappa shape index (κ2) is 5.09. The molecule has 2 aromatic heterocycles. The SMILES string of the molecule is Cc1cc(Br)cnc1-n1ccnc1-c1cccc(N)c1. The minimum atomic E-state index is 0.720. The predicted molar refractivity (Wildman–Crippen MR) is 83.6 cm³/mol. The molecule has 0 amide bonds. The van der Waals surface area contributed by atoms with Crippen LogP contribution in [0, 0.1) is 6.92 Å². The summed E-state index contributed by atoms with van der Waals surface area (Å²) in [4.78, 5) is 8.90. The first-order valence-electron chi connectivity index (χ1n) is 6.17. The lowest BCUT2D eigenvalue weighted by Gasteiger charge is -2.10. The molecule has 0 spiro atoms. The number of aromatic nitrogens is 3. The summed E-state index contributed by atoms with van der Waals surface area (Å²) in [6, 6.07) is 9.72. The zero-order chi connectivity index (χ0) is 14.1. The highest BCUT2D eigenvalue weighted by Crippen LogP contribution is 2.24. The number of halogens is 1. The Balaban J connectivity index is 2.15. The van der Waals surface area contributed by atoms with Gasteiger partial charge in [0.05, 0.1) is 0 Å². The monoisotopic (exact) mass is 328 g/mol. The normalized spacial score (nSPS) is 10.7. The molecule has 2 heterocycles. The molecule has 0 fully saturated rings. The van der Waals surface area contributed by atoms with Crippen LogP contribution in [0.15, 0.2) is 53.4 Å². The van der Waals surface area contributed by atoms with E-state index in [1.165, 1.54) is 0 Å². The van der Waals surface area contributed by atoms with E-state index in [0.29, 0.717) is 0 Å². The summed E-state index contributed by atoms with van der Waals surface area (Å²) in [7, 11) is 0. The van der Waals surface area contributed by atoms with Gasteiger partial charge >= 0.3 is 0 Å². The highest BCUT2D eigenvalue weighted by Gasteiger charge is 2.11. The molecule has 1 aromatic carbocycles. The third kappa shape index (κ3) is 2.32. The smallest absolute Gasteiger partial charge is 0.145 e. The fourth-order valence-electron chi connectivity index (χ4n) is 2.15. The maximum Gasteiger partial charge on any atom is 0.145 e. The first kappa shape index (κ1) is 12.9. The molecule has 0 saturated carbocycles. The summed E-state index contributed by atoms with van der Waals surface area (Å²) in [6.45, 7) is 2.02. The highest BCUT2D eigenvalue weighted by molar-refractivity contribution is 9.10. The van der Waals surface area contributed by atoms with Gasteiger partial charge in [0.2, 0.25) is 0 Å². The third-order valence-electron chi connectivity index (χ3n) is 3.03. The number of nitrogens with two attached hydrogens (primary N) is 1. The number of anilines is 1. The molecule has 0 radical (unpaired) electrons. The maximum absolute atomic E-state index is 5.84. The van der Waals surface area contributed by atoms with Gasteiger partial charge in [-0.3, -0.25) is 4.57 Å². The molecule has 0 unspecified atom stereocenters. The number of hydrogen-bond donors (Lipinski definition) is 1. The van der Waals surface area contributed by atoms with Gasteiger partial charge in [-0.1, -0.05) is 12.1 Å². The van der Waals surface area contributed by atoms with Crippen molar-refractivity contribution in [2.75, 3.05) is 5.73 Å². The van der Waals surface area contributed by atoms with Crippen molar-refractivity contribution >= 4 is 21.6 Å². The van der Waals surface area contributed by atoms with Crippen LogP contribution in [0.25, 0.3) is 17.2 Å². The van der Waals surface area contributed by atoms with Gasteiger partial charge in [0.1, 0.15) is 11.6 Å². The Bertz CT molecular complexity index is 764. The summed E-state index contributed by atoms with van der Waals surface area (Å²) < 4.78 is 2.93. The molecule has 3 rings (SSSR count). The van der Waals surface area contributed by atoms with E-state index in [4.69, 9.17) is 5.73 Å². The fraction of sp³-hybridized carbons (Fsp3) is 0.0667. The average molecular weight is 329 g/mol.